The average molecular weight is 482 g/mol. The van der Waals surface area contributed by atoms with Crippen LogP contribution in [0.1, 0.15) is 32.6 Å². The number of aryl methyl sites for hydroxylation is 1. The summed E-state index contributed by atoms with van der Waals surface area (Å²) in [5.74, 6) is -0.0669. The highest BCUT2D eigenvalue weighted by Crippen LogP contribution is 2.21. The second-order valence-electron chi connectivity index (χ2n) is 7.34. The molecule has 0 bridgehead atoms. The Morgan fingerprint density at radius 2 is 1.79 bits per heavy atom. The maximum atomic E-state index is 12.6. The minimum atomic E-state index is -0.0669. The van der Waals surface area contributed by atoms with E-state index in [4.69, 9.17) is 0 Å². The summed E-state index contributed by atoms with van der Waals surface area (Å²) < 4.78 is 1.16. The van der Waals surface area contributed by atoms with Crippen LogP contribution in [-0.4, -0.2) is 17.4 Å². The maximum absolute atomic E-state index is 12.6. The van der Waals surface area contributed by atoms with E-state index in [1.54, 1.807) is 0 Å². The third-order valence-corrected chi connectivity index (χ3v) is 5.94. The number of fused-ring (bicyclic) bond motifs is 1. The first kappa shape index (κ1) is 19.2. The summed E-state index contributed by atoms with van der Waals surface area (Å²) in [5, 5.41) is 3.01. The summed E-state index contributed by atoms with van der Waals surface area (Å²) in [6.07, 6.45) is 1.10. The number of carbonyl (C=O) groups is 1. The molecule has 28 heavy (non-hydrogen) atoms. The SMILES string of the molecule is Cc1cc(I)ccc1NC(=O)c1ccc(CN2CCc3ccccc3C2)cc1. The van der Waals surface area contributed by atoms with Crippen molar-refractivity contribution in [2.75, 3.05) is 11.9 Å². The summed E-state index contributed by atoms with van der Waals surface area (Å²) in [5.41, 5.74) is 6.75. The van der Waals surface area contributed by atoms with Gasteiger partial charge < -0.3 is 5.32 Å². The van der Waals surface area contributed by atoms with Crippen molar-refractivity contribution in [2.45, 2.75) is 26.4 Å². The molecule has 4 heteroatoms. The molecule has 1 heterocycles. The van der Waals surface area contributed by atoms with Gasteiger partial charge in [0.1, 0.15) is 0 Å². The Balaban J connectivity index is 1.39. The van der Waals surface area contributed by atoms with Crippen molar-refractivity contribution in [2.24, 2.45) is 0 Å². The molecule has 1 amide bonds. The molecule has 3 aromatic carbocycles. The van der Waals surface area contributed by atoms with Gasteiger partial charge in [0.2, 0.25) is 0 Å². The Morgan fingerprint density at radius 1 is 1.04 bits per heavy atom. The standard InChI is InChI=1S/C24H23IN2O/c1-17-14-22(25)10-11-23(17)26-24(28)20-8-6-18(7-9-20)15-27-13-12-19-4-2-3-5-21(19)16-27/h2-11,14H,12-13,15-16H2,1H3,(H,26,28). The van der Waals surface area contributed by atoms with Crippen LogP contribution >= 0.6 is 22.6 Å². The molecule has 0 saturated carbocycles. The van der Waals surface area contributed by atoms with Crippen molar-refractivity contribution in [3.8, 4) is 0 Å². The molecule has 0 unspecified atom stereocenters. The number of nitrogens with zero attached hydrogens (tertiary/aromatic N) is 1. The van der Waals surface area contributed by atoms with Crippen LogP contribution in [0.2, 0.25) is 0 Å². The molecule has 1 N–H and O–H groups in total. The molecule has 0 atom stereocenters. The molecule has 3 nitrogen and oxygen atoms in total. The highest BCUT2D eigenvalue weighted by Gasteiger charge is 2.16. The fourth-order valence-electron chi connectivity index (χ4n) is 3.67. The van der Waals surface area contributed by atoms with Crippen LogP contribution in [0.25, 0.3) is 0 Å². The van der Waals surface area contributed by atoms with E-state index in [0.29, 0.717) is 5.56 Å². The zero-order valence-corrected chi connectivity index (χ0v) is 18.1. The number of hydrogen-bond donors (Lipinski definition) is 1. The van der Waals surface area contributed by atoms with Crippen LogP contribution in [0.15, 0.2) is 66.7 Å². The van der Waals surface area contributed by atoms with Gasteiger partial charge in [-0.25, -0.2) is 0 Å². The monoisotopic (exact) mass is 482 g/mol. The van der Waals surface area contributed by atoms with Gasteiger partial charge in [-0.05, 0) is 88.5 Å². The molecule has 4 rings (SSSR count). The first-order chi connectivity index (χ1) is 13.6. The zero-order chi connectivity index (χ0) is 19.5. The van der Waals surface area contributed by atoms with Gasteiger partial charge in [-0.15, -0.1) is 0 Å². The van der Waals surface area contributed by atoms with Crippen molar-refractivity contribution in [3.05, 3.63) is 98.1 Å². The first-order valence-electron chi connectivity index (χ1n) is 9.54. The highest BCUT2D eigenvalue weighted by atomic mass is 127. The Labute approximate surface area is 179 Å². The average Bonchev–Trinajstić information content (AvgIpc) is 2.70. The van der Waals surface area contributed by atoms with Gasteiger partial charge in [0.15, 0.2) is 0 Å². The fraction of sp³-hybridized carbons (Fsp3) is 0.208. The van der Waals surface area contributed by atoms with E-state index in [1.807, 2.05) is 31.2 Å². The number of benzene rings is 3. The summed E-state index contributed by atoms with van der Waals surface area (Å²) in [6.45, 7) is 4.99. The lowest BCUT2D eigenvalue weighted by atomic mass is 9.99. The normalized spacial score (nSPS) is 13.8. The van der Waals surface area contributed by atoms with E-state index in [2.05, 4.69) is 75.3 Å². The number of rotatable bonds is 4. The molecular formula is C24H23IN2O. The van der Waals surface area contributed by atoms with Crippen LogP contribution < -0.4 is 5.32 Å². The molecular weight excluding hydrogens is 459 g/mol. The third-order valence-electron chi connectivity index (χ3n) is 5.27. The van der Waals surface area contributed by atoms with E-state index in [-0.39, 0.29) is 5.91 Å². The fourth-order valence-corrected chi connectivity index (χ4v) is 4.32. The molecule has 0 radical (unpaired) electrons. The molecule has 142 valence electrons. The number of halogens is 1. The number of carbonyl (C=O) groups excluding carboxylic acids is 1. The maximum Gasteiger partial charge on any atom is 0.255 e. The van der Waals surface area contributed by atoms with Crippen molar-refractivity contribution in [1.82, 2.24) is 4.90 Å². The van der Waals surface area contributed by atoms with Crippen LogP contribution in [0.3, 0.4) is 0 Å². The molecule has 0 fully saturated rings. The van der Waals surface area contributed by atoms with Gasteiger partial charge in [-0.3, -0.25) is 9.69 Å². The Hall–Kier alpha value is -2.18. The summed E-state index contributed by atoms with van der Waals surface area (Å²) in [7, 11) is 0. The smallest absolute Gasteiger partial charge is 0.255 e. The number of anilines is 1. The van der Waals surface area contributed by atoms with Crippen molar-refractivity contribution >= 4 is 34.2 Å². The summed E-state index contributed by atoms with van der Waals surface area (Å²) >= 11 is 2.28. The second kappa shape index (κ2) is 8.45. The molecule has 1 aliphatic heterocycles. The van der Waals surface area contributed by atoms with Crippen molar-refractivity contribution in [3.63, 3.8) is 0 Å². The van der Waals surface area contributed by atoms with Crippen LogP contribution in [0.5, 0.6) is 0 Å². The van der Waals surface area contributed by atoms with E-state index in [0.717, 1.165) is 40.9 Å². The molecule has 1 aliphatic rings. The highest BCUT2D eigenvalue weighted by molar-refractivity contribution is 14.1. The lowest BCUT2D eigenvalue weighted by Crippen LogP contribution is -2.29. The van der Waals surface area contributed by atoms with E-state index >= 15 is 0 Å². The predicted octanol–water partition coefficient (Wildman–Crippen LogP) is 5.41. The lowest BCUT2D eigenvalue weighted by Gasteiger charge is -2.28. The van der Waals surface area contributed by atoms with Crippen LogP contribution in [0.4, 0.5) is 5.69 Å². The zero-order valence-electron chi connectivity index (χ0n) is 15.9. The van der Waals surface area contributed by atoms with Crippen LogP contribution in [0, 0.1) is 10.5 Å². The summed E-state index contributed by atoms with van der Waals surface area (Å²) in [4.78, 5) is 15.0. The number of amides is 1. The summed E-state index contributed by atoms with van der Waals surface area (Å²) in [6, 6.07) is 22.7. The Bertz CT molecular complexity index is 998. The quantitative estimate of drug-likeness (QED) is 0.505. The van der Waals surface area contributed by atoms with Gasteiger partial charge >= 0.3 is 0 Å². The van der Waals surface area contributed by atoms with E-state index in [1.165, 1.54) is 16.7 Å². The van der Waals surface area contributed by atoms with Crippen molar-refractivity contribution in [1.29, 1.82) is 0 Å². The Kier molecular flexibility index (Phi) is 5.78. The largest absolute Gasteiger partial charge is 0.322 e. The minimum absolute atomic E-state index is 0.0669. The molecule has 0 aromatic heterocycles. The van der Waals surface area contributed by atoms with Gasteiger partial charge in [-0.2, -0.15) is 0 Å². The Morgan fingerprint density at radius 3 is 2.54 bits per heavy atom. The first-order valence-corrected chi connectivity index (χ1v) is 10.6. The lowest BCUT2D eigenvalue weighted by molar-refractivity contribution is 0.102. The van der Waals surface area contributed by atoms with Crippen molar-refractivity contribution < 1.29 is 4.79 Å². The number of hydrogen-bond acceptors (Lipinski definition) is 2. The minimum Gasteiger partial charge on any atom is -0.322 e. The van der Waals surface area contributed by atoms with Gasteiger partial charge in [0.25, 0.3) is 5.91 Å². The predicted molar refractivity (Wildman–Crippen MR) is 123 cm³/mol. The molecule has 0 spiro atoms. The van der Waals surface area contributed by atoms with E-state index < -0.39 is 0 Å². The molecule has 0 aliphatic carbocycles. The van der Waals surface area contributed by atoms with Gasteiger partial charge in [0, 0.05) is 34.5 Å². The number of nitrogens with one attached hydrogen (secondary N) is 1. The second-order valence-corrected chi connectivity index (χ2v) is 8.59. The van der Waals surface area contributed by atoms with Crippen LogP contribution in [-0.2, 0) is 19.5 Å². The third kappa shape index (κ3) is 4.45. The topological polar surface area (TPSA) is 32.3 Å². The molecule has 0 saturated heterocycles. The van der Waals surface area contributed by atoms with E-state index in [9.17, 15) is 4.79 Å². The van der Waals surface area contributed by atoms with Gasteiger partial charge in [0.05, 0.1) is 0 Å². The molecule has 3 aromatic rings. The van der Waals surface area contributed by atoms with Gasteiger partial charge in [-0.1, -0.05) is 36.4 Å².